The smallest absolute Gasteiger partial charge is 0.0632 e. The highest BCUT2D eigenvalue weighted by molar-refractivity contribution is 5.50. The zero-order chi connectivity index (χ0) is 6.41. The average molecular weight is 112 g/mol. The van der Waals surface area contributed by atoms with Crippen LogP contribution in [0, 0.1) is 0 Å². The number of allylic oxidation sites excluding steroid dienone is 1. The molecule has 0 saturated carbocycles. The minimum absolute atomic E-state index is 0.155. The summed E-state index contributed by atoms with van der Waals surface area (Å²) in [5.41, 5.74) is 5.39. The predicted molar refractivity (Wildman–Crippen MR) is 36.2 cm³/mol. The van der Waals surface area contributed by atoms with Gasteiger partial charge in [-0.1, -0.05) is 0 Å². The van der Waals surface area contributed by atoms with E-state index in [0.717, 1.165) is 0 Å². The topological polar surface area (TPSA) is 38.4 Å². The van der Waals surface area contributed by atoms with Crippen LogP contribution in [0.15, 0.2) is 11.1 Å². The van der Waals surface area contributed by atoms with Crippen LogP contribution in [0.4, 0.5) is 0 Å². The first-order valence-electron chi connectivity index (χ1n) is 2.72. The highest BCUT2D eigenvalue weighted by Crippen LogP contribution is 1.72. The van der Waals surface area contributed by atoms with E-state index in [1.54, 1.807) is 6.08 Å². The van der Waals surface area contributed by atoms with Gasteiger partial charge in [0.15, 0.2) is 0 Å². The molecule has 1 unspecified atom stereocenters. The summed E-state index contributed by atoms with van der Waals surface area (Å²) in [4.78, 5) is 3.86. The average Bonchev–Trinajstić information content (AvgIpc) is 1.66. The molecular formula is C6H12N2. The number of aliphatic imine (C=N–C) groups is 1. The van der Waals surface area contributed by atoms with Crippen molar-refractivity contribution in [3.63, 3.8) is 0 Å². The lowest BCUT2D eigenvalue weighted by atomic mass is 10.4. The van der Waals surface area contributed by atoms with Crippen LogP contribution in [0.2, 0.25) is 0 Å². The van der Waals surface area contributed by atoms with Gasteiger partial charge >= 0.3 is 0 Å². The summed E-state index contributed by atoms with van der Waals surface area (Å²) in [6, 6.07) is 0.155. The van der Waals surface area contributed by atoms with Crippen molar-refractivity contribution in [3.05, 3.63) is 6.08 Å². The molecule has 46 valence electrons. The fraction of sp³-hybridized carbons (Fsp3) is 0.667. The third-order valence-electron chi connectivity index (χ3n) is 0.600. The van der Waals surface area contributed by atoms with Crippen LogP contribution in [0.1, 0.15) is 13.8 Å². The van der Waals surface area contributed by atoms with Crippen molar-refractivity contribution in [2.45, 2.75) is 19.9 Å². The number of hydrogen-bond acceptors (Lipinski definition) is 2. The molecule has 2 heteroatoms. The molecule has 0 rings (SSSR count). The Labute approximate surface area is 50.1 Å². The number of rotatable bonds is 2. The van der Waals surface area contributed by atoms with Crippen molar-refractivity contribution in [2.75, 3.05) is 6.54 Å². The fourth-order valence-electron chi connectivity index (χ4n) is 0.288. The minimum atomic E-state index is 0.155. The minimum Gasteiger partial charge on any atom is -0.326 e. The zero-order valence-electron chi connectivity index (χ0n) is 5.39. The van der Waals surface area contributed by atoms with Gasteiger partial charge in [0.2, 0.25) is 0 Å². The Hall–Kier alpha value is -0.590. The van der Waals surface area contributed by atoms with Crippen molar-refractivity contribution in [1.29, 1.82) is 0 Å². The third-order valence-corrected chi connectivity index (χ3v) is 0.600. The van der Waals surface area contributed by atoms with Gasteiger partial charge in [-0.15, -0.1) is 0 Å². The van der Waals surface area contributed by atoms with E-state index in [1.165, 1.54) is 0 Å². The zero-order valence-corrected chi connectivity index (χ0v) is 5.39. The van der Waals surface area contributed by atoms with Gasteiger partial charge in [0.05, 0.1) is 6.54 Å². The normalized spacial score (nSPS) is 11.9. The van der Waals surface area contributed by atoms with Gasteiger partial charge in [-0.25, -0.2) is 4.99 Å². The van der Waals surface area contributed by atoms with E-state index in [4.69, 9.17) is 5.73 Å². The molecule has 0 radical (unpaired) electrons. The summed E-state index contributed by atoms with van der Waals surface area (Å²) in [6.45, 7) is 4.47. The van der Waals surface area contributed by atoms with E-state index >= 15 is 0 Å². The summed E-state index contributed by atoms with van der Waals surface area (Å²) >= 11 is 0. The Kier molecular flexibility index (Phi) is 4.23. The molecule has 0 saturated heterocycles. The van der Waals surface area contributed by atoms with Crippen molar-refractivity contribution in [1.82, 2.24) is 0 Å². The Bertz CT molecular complexity index is 99.1. The molecule has 0 aliphatic rings. The van der Waals surface area contributed by atoms with Gasteiger partial charge in [-0.3, -0.25) is 0 Å². The second-order valence-corrected chi connectivity index (χ2v) is 1.74. The predicted octanol–water partition coefficient (Wildman–Crippen LogP) is 0.579. The molecule has 2 N–H and O–H groups in total. The van der Waals surface area contributed by atoms with Crippen LogP contribution in [0.5, 0.6) is 0 Å². The van der Waals surface area contributed by atoms with Gasteiger partial charge in [0.25, 0.3) is 0 Å². The summed E-state index contributed by atoms with van der Waals surface area (Å²) in [6.07, 6.45) is 1.77. The fourth-order valence-corrected chi connectivity index (χ4v) is 0.288. The van der Waals surface area contributed by atoms with Crippen LogP contribution >= 0.6 is 0 Å². The third kappa shape index (κ3) is 5.41. The van der Waals surface area contributed by atoms with E-state index in [-0.39, 0.29) is 6.04 Å². The van der Waals surface area contributed by atoms with Gasteiger partial charge in [-0.2, -0.15) is 0 Å². The SMILES string of the molecule is CC=C=NCC(C)N. The van der Waals surface area contributed by atoms with Gasteiger partial charge in [0.1, 0.15) is 0 Å². The van der Waals surface area contributed by atoms with Crippen LogP contribution < -0.4 is 5.73 Å². The molecule has 0 aromatic carbocycles. The molecule has 1 atom stereocenters. The maximum absolute atomic E-state index is 5.39. The summed E-state index contributed by atoms with van der Waals surface area (Å²) < 4.78 is 0. The Morgan fingerprint density at radius 1 is 1.88 bits per heavy atom. The van der Waals surface area contributed by atoms with Gasteiger partial charge in [-0.05, 0) is 25.8 Å². The summed E-state index contributed by atoms with van der Waals surface area (Å²) in [7, 11) is 0. The number of nitrogens with two attached hydrogens (primary N) is 1. The first-order valence-corrected chi connectivity index (χ1v) is 2.72. The van der Waals surface area contributed by atoms with Crippen LogP contribution in [-0.4, -0.2) is 18.5 Å². The maximum Gasteiger partial charge on any atom is 0.0632 e. The molecule has 0 aromatic rings. The molecule has 0 aromatic heterocycles. The number of hydrogen-bond donors (Lipinski definition) is 1. The van der Waals surface area contributed by atoms with E-state index in [2.05, 4.69) is 10.9 Å². The quantitative estimate of drug-likeness (QED) is 0.521. The Balaban J connectivity index is 3.30. The molecule has 0 bridgehead atoms. The molecule has 0 spiro atoms. The van der Waals surface area contributed by atoms with E-state index in [1.807, 2.05) is 13.8 Å². The lowest BCUT2D eigenvalue weighted by Gasteiger charge is -1.93. The Morgan fingerprint density at radius 3 is 2.88 bits per heavy atom. The molecule has 0 aliphatic heterocycles. The van der Waals surface area contributed by atoms with Crippen molar-refractivity contribution < 1.29 is 0 Å². The number of nitrogens with zero attached hydrogens (tertiary/aromatic N) is 1. The highest BCUT2D eigenvalue weighted by atomic mass is 14.8. The van der Waals surface area contributed by atoms with Crippen LogP contribution in [0.3, 0.4) is 0 Å². The second-order valence-electron chi connectivity index (χ2n) is 1.74. The lowest BCUT2D eigenvalue weighted by molar-refractivity contribution is 0.756. The van der Waals surface area contributed by atoms with E-state index in [0.29, 0.717) is 6.54 Å². The van der Waals surface area contributed by atoms with Gasteiger partial charge < -0.3 is 5.73 Å². The second kappa shape index (κ2) is 4.57. The molecule has 0 fully saturated rings. The van der Waals surface area contributed by atoms with E-state index in [9.17, 15) is 0 Å². The van der Waals surface area contributed by atoms with Crippen molar-refractivity contribution >= 4 is 5.87 Å². The van der Waals surface area contributed by atoms with Crippen LogP contribution in [0.25, 0.3) is 0 Å². The first-order chi connectivity index (χ1) is 3.77. The standard InChI is InChI=1S/C6H12N2/c1-3-4-8-5-6(2)7/h3,6H,5,7H2,1-2H3. The summed E-state index contributed by atoms with van der Waals surface area (Å²) in [5.74, 6) is 2.70. The maximum atomic E-state index is 5.39. The first kappa shape index (κ1) is 7.41. The summed E-state index contributed by atoms with van der Waals surface area (Å²) in [5, 5.41) is 0. The van der Waals surface area contributed by atoms with Crippen LogP contribution in [-0.2, 0) is 0 Å². The molecule has 2 nitrogen and oxygen atoms in total. The van der Waals surface area contributed by atoms with Gasteiger partial charge in [0, 0.05) is 6.04 Å². The molecule has 8 heavy (non-hydrogen) atoms. The highest BCUT2D eigenvalue weighted by Gasteiger charge is 1.84. The lowest BCUT2D eigenvalue weighted by Crippen LogP contribution is -2.17. The molecule has 0 aliphatic carbocycles. The molecular weight excluding hydrogens is 100 g/mol. The molecule has 0 heterocycles. The van der Waals surface area contributed by atoms with E-state index < -0.39 is 0 Å². The monoisotopic (exact) mass is 112 g/mol. The Morgan fingerprint density at radius 2 is 2.50 bits per heavy atom. The van der Waals surface area contributed by atoms with Crippen molar-refractivity contribution in [2.24, 2.45) is 10.7 Å². The largest absolute Gasteiger partial charge is 0.326 e. The molecule has 0 amide bonds. The van der Waals surface area contributed by atoms with Crippen molar-refractivity contribution in [3.8, 4) is 0 Å².